The number of halogens is 2. The van der Waals surface area contributed by atoms with E-state index >= 15 is 0 Å². The third-order valence-electron chi connectivity index (χ3n) is 4.74. The first-order valence-corrected chi connectivity index (χ1v) is 8.09. The molecule has 1 atom stereocenters. The molecule has 1 unspecified atom stereocenters. The molecule has 0 saturated carbocycles. The van der Waals surface area contributed by atoms with Crippen molar-refractivity contribution in [2.75, 3.05) is 31.1 Å². The predicted molar refractivity (Wildman–Crippen MR) is 83.6 cm³/mol. The van der Waals surface area contributed by atoms with E-state index < -0.39 is 5.82 Å². The van der Waals surface area contributed by atoms with E-state index in [-0.39, 0.29) is 23.6 Å². The fourth-order valence-electron chi connectivity index (χ4n) is 3.36. The van der Waals surface area contributed by atoms with E-state index in [4.69, 9.17) is 11.6 Å². The summed E-state index contributed by atoms with van der Waals surface area (Å²) >= 11 is 5.69. The normalized spacial score (nSPS) is 24.2. The maximum Gasteiger partial charge on any atom is 0.244 e. The van der Waals surface area contributed by atoms with Crippen LogP contribution >= 0.6 is 11.6 Å². The molecule has 0 spiro atoms. The van der Waals surface area contributed by atoms with E-state index in [1.54, 1.807) is 11.0 Å². The number of carbonyl (C=O) groups excluding carboxylic acids is 1. The Kier molecular flexibility index (Phi) is 4.66. The summed E-state index contributed by atoms with van der Waals surface area (Å²) in [6.45, 7) is 2.50. The number of nitrogens with zero attached hydrogens (tertiary/aromatic N) is 2. The minimum atomic E-state index is -0.501. The molecule has 1 aromatic rings. The summed E-state index contributed by atoms with van der Waals surface area (Å²) in [6, 6.07) is 4.36. The number of anilines is 1. The highest BCUT2D eigenvalue weighted by Gasteiger charge is 2.38. The largest absolute Gasteiger partial charge is 0.396 e. The monoisotopic (exact) mass is 326 g/mol. The van der Waals surface area contributed by atoms with Crippen molar-refractivity contribution >= 4 is 23.2 Å². The zero-order chi connectivity index (χ0) is 15.7. The summed E-state index contributed by atoms with van der Waals surface area (Å²) in [6.07, 6.45) is 2.61. The van der Waals surface area contributed by atoms with Crippen LogP contribution in [0.25, 0.3) is 0 Å². The van der Waals surface area contributed by atoms with Crippen LogP contribution in [-0.2, 0) is 4.79 Å². The predicted octanol–water partition coefficient (Wildman–Crippen LogP) is 2.29. The fraction of sp³-hybridized carbons (Fsp3) is 0.562. The van der Waals surface area contributed by atoms with E-state index in [1.165, 1.54) is 12.1 Å². The minimum Gasteiger partial charge on any atom is -0.396 e. The number of piperidine rings is 1. The van der Waals surface area contributed by atoms with Gasteiger partial charge in [-0.05, 0) is 56.5 Å². The van der Waals surface area contributed by atoms with Gasteiger partial charge in [-0.3, -0.25) is 9.69 Å². The lowest BCUT2D eigenvalue weighted by Gasteiger charge is -2.34. The van der Waals surface area contributed by atoms with Crippen molar-refractivity contribution in [3.05, 3.63) is 29.0 Å². The van der Waals surface area contributed by atoms with Gasteiger partial charge in [0.05, 0.1) is 11.1 Å². The lowest BCUT2D eigenvalue weighted by molar-refractivity contribution is -0.122. The van der Waals surface area contributed by atoms with Crippen LogP contribution in [0.2, 0.25) is 5.02 Å². The fourth-order valence-corrected chi connectivity index (χ4v) is 3.48. The first kappa shape index (κ1) is 15.7. The van der Waals surface area contributed by atoms with Crippen molar-refractivity contribution in [3.63, 3.8) is 0 Å². The minimum absolute atomic E-state index is 0.0316. The van der Waals surface area contributed by atoms with Gasteiger partial charge in [0, 0.05) is 18.8 Å². The molecule has 2 saturated heterocycles. The number of rotatable bonds is 3. The van der Waals surface area contributed by atoms with E-state index in [0.29, 0.717) is 18.2 Å². The van der Waals surface area contributed by atoms with Gasteiger partial charge >= 0.3 is 0 Å². The molecule has 3 rings (SSSR count). The van der Waals surface area contributed by atoms with Crippen molar-refractivity contribution in [1.29, 1.82) is 0 Å². The molecule has 120 valence electrons. The Morgan fingerprint density at radius 2 is 1.95 bits per heavy atom. The maximum atomic E-state index is 13.6. The van der Waals surface area contributed by atoms with Crippen LogP contribution in [0, 0.1) is 11.7 Å². The first-order chi connectivity index (χ1) is 10.6. The number of hydrogen-bond acceptors (Lipinski definition) is 3. The zero-order valence-corrected chi connectivity index (χ0v) is 13.1. The van der Waals surface area contributed by atoms with E-state index in [9.17, 15) is 14.3 Å². The smallest absolute Gasteiger partial charge is 0.244 e. The number of aliphatic hydroxyl groups excluding tert-OH is 1. The quantitative estimate of drug-likeness (QED) is 0.927. The molecule has 0 bridgehead atoms. The second kappa shape index (κ2) is 6.52. The van der Waals surface area contributed by atoms with Crippen molar-refractivity contribution in [2.24, 2.45) is 5.92 Å². The molecule has 2 aliphatic rings. The molecule has 2 aliphatic heterocycles. The number of benzene rings is 1. The van der Waals surface area contributed by atoms with Crippen LogP contribution in [0.5, 0.6) is 0 Å². The summed E-state index contributed by atoms with van der Waals surface area (Å²) in [5.41, 5.74) is 0.569. The van der Waals surface area contributed by atoms with Crippen LogP contribution < -0.4 is 4.90 Å². The van der Waals surface area contributed by atoms with Crippen molar-refractivity contribution in [1.82, 2.24) is 4.90 Å². The highest BCUT2D eigenvalue weighted by molar-refractivity contribution is 6.30. The Labute approximate surface area is 134 Å². The molecule has 2 fully saturated rings. The number of likely N-dealkylation sites (tertiary alicyclic amines) is 1. The first-order valence-electron chi connectivity index (χ1n) is 7.71. The summed E-state index contributed by atoms with van der Waals surface area (Å²) in [5, 5.41) is 9.26. The topological polar surface area (TPSA) is 43.8 Å². The van der Waals surface area contributed by atoms with Crippen LogP contribution in [0.1, 0.15) is 19.3 Å². The van der Waals surface area contributed by atoms with Crippen LogP contribution in [0.4, 0.5) is 10.1 Å². The summed E-state index contributed by atoms with van der Waals surface area (Å²) < 4.78 is 13.6. The van der Waals surface area contributed by atoms with Gasteiger partial charge in [-0.1, -0.05) is 11.6 Å². The molecule has 22 heavy (non-hydrogen) atoms. The van der Waals surface area contributed by atoms with Crippen LogP contribution in [-0.4, -0.2) is 48.2 Å². The van der Waals surface area contributed by atoms with Crippen LogP contribution in [0.15, 0.2) is 18.2 Å². The number of hydrogen-bond donors (Lipinski definition) is 1. The van der Waals surface area contributed by atoms with Gasteiger partial charge in [0.15, 0.2) is 0 Å². The molecule has 1 N–H and O–H groups in total. The third kappa shape index (κ3) is 2.98. The molecule has 6 heteroatoms. The second-order valence-electron chi connectivity index (χ2n) is 6.05. The Balaban J connectivity index is 1.68. The zero-order valence-electron chi connectivity index (χ0n) is 12.3. The molecule has 4 nitrogen and oxygen atoms in total. The third-order valence-corrected chi connectivity index (χ3v) is 5.05. The Bertz CT molecular complexity index is 561. The van der Waals surface area contributed by atoms with E-state index in [1.807, 2.05) is 0 Å². The average Bonchev–Trinajstić information content (AvgIpc) is 2.92. The number of amides is 1. The molecule has 1 amide bonds. The Morgan fingerprint density at radius 3 is 2.59 bits per heavy atom. The van der Waals surface area contributed by atoms with Crippen molar-refractivity contribution in [2.45, 2.75) is 25.3 Å². The summed E-state index contributed by atoms with van der Waals surface area (Å²) in [4.78, 5) is 16.5. The summed E-state index contributed by atoms with van der Waals surface area (Å²) in [7, 11) is 0. The number of carbonyl (C=O) groups is 1. The lowest BCUT2D eigenvalue weighted by atomic mass is 9.96. The molecule has 0 radical (unpaired) electrons. The molecular weight excluding hydrogens is 307 g/mol. The maximum absolute atomic E-state index is 13.6. The standard InChI is InChI=1S/C16H20ClFN2O2/c17-13-2-1-12(9-14(13)18)20-8-5-15(16(20)22)19-6-3-11(10-21)4-7-19/h1-2,9,11,15,21H,3-8,10H2. The van der Waals surface area contributed by atoms with Gasteiger partial charge in [-0.2, -0.15) is 0 Å². The van der Waals surface area contributed by atoms with Gasteiger partial charge in [0.25, 0.3) is 0 Å². The van der Waals surface area contributed by atoms with Gasteiger partial charge in [-0.25, -0.2) is 4.39 Å². The van der Waals surface area contributed by atoms with E-state index in [0.717, 1.165) is 32.4 Å². The molecule has 2 heterocycles. The highest BCUT2D eigenvalue weighted by atomic mass is 35.5. The average molecular weight is 327 g/mol. The molecule has 1 aromatic carbocycles. The van der Waals surface area contributed by atoms with E-state index in [2.05, 4.69) is 4.90 Å². The van der Waals surface area contributed by atoms with Crippen LogP contribution in [0.3, 0.4) is 0 Å². The Morgan fingerprint density at radius 1 is 1.23 bits per heavy atom. The van der Waals surface area contributed by atoms with Gasteiger partial charge in [0.2, 0.25) is 5.91 Å². The lowest BCUT2D eigenvalue weighted by Crippen LogP contribution is -2.46. The van der Waals surface area contributed by atoms with Crippen molar-refractivity contribution in [3.8, 4) is 0 Å². The van der Waals surface area contributed by atoms with Gasteiger partial charge in [0.1, 0.15) is 5.82 Å². The van der Waals surface area contributed by atoms with Gasteiger partial charge < -0.3 is 10.0 Å². The highest BCUT2D eigenvalue weighted by Crippen LogP contribution is 2.29. The second-order valence-corrected chi connectivity index (χ2v) is 6.46. The summed E-state index contributed by atoms with van der Waals surface area (Å²) in [5.74, 6) is -0.113. The molecular formula is C16H20ClFN2O2. The van der Waals surface area contributed by atoms with Gasteiger partial charge in [-0.15, -0.1) is 0 Å². The molecule has 0 aromatic heterocycles. The number of aliphatic hydroxyl groups is 1. The van der Waals surface area contributed by atoms with Crippen molar-refractivity contribution < 1.29 is 14.3 Å². The molecule has 0 aliphatic carbocycles. The Hall–Kier alpha value is -1.17. The SMILES string of the molecule is O=C1C(N2CCC(CO)CC2)CCN1c1ccc(Cl)c(F)c1.